The molecule has 0 spiro atoms. The van der Waals surface area contributed by atoms with E-state index in [9.17, 15) is 0 Å². The Hall–Kier alpha value is -0.490. The third kappa shape index (κ3) is 3.83. The van der Waals surface area contributed by atoms with Gasteiger partial charge in [0.2, 0.25) is 0 Å². The van der Waals surface area contributed by atoms with Crippen LogP contribution in [0.5, 0.6) is 0 Å². The number of hydrogen-bond donors (Lipinski definition) is 0. The molecule has 0 aromatic heterocycles. The van der Waals surface area contributed by atoms with Gasteiger partial charge in [-0.1, -0.05) is 52.0 Å². The van der Waals surface area contributed by atoms with Gasteiger partial charge in [0.05, 0.1) is 0 Å². The predicted molar refractivity (Wildman–Crippen MR) is 73.3 cm³/mol. The second-order valence-electron chi connectivity index (χ2n) is 5.81. The molecule has 16 heavy (non-hydrogen) atoms. The number of halogens is 1. The first kappa shape index (κ1) is 13.6. The molecule has 0 aliphatic heterocycles. The summed E-state index contributed by atoms with van der Waals surface area (Å²) in [5, 5.41) is 0.238. The van der Waals surface area contributed by atoms with Gasteiger partial charge >= 0.3 is 0 Å². The zero-order valence-corrected chi connectivity index (χ0v) is 11.8. The van der Waals surface area contributed by atoms with Crippen LogP contribution in [0.1, 0.15) is 45.7 Å². The highest BCUT2D eigenvalue weighted by molar-refractivity contribution is 6.20. The Kier molecular flexibility index (Phi) is 4.43. The van der Waals surface area contributed by atoms with Gasteiger partial charge in [-0.3, -0.25) is 0 Å². The Balaban J connectivity index is 2.72. The molecule has 1 aromatic rings. The molecular formula is C15H23Cl. The van der Waals surface area contributed by atoms with Crippen molar-refractivity contribution in [3.8, 4) is 0 Å². The molecule has 0 aliphatic carbocycles. The Labute approximate surface area is 105 Å². The van der Waals surface area contributed by atoms with Crippen molar-refractivity contribution in [2.24, 2.45) is 5.92 Å². The zero-order chi connectivity index (χ0) is 12.3. The van der Waals surface area contributed by atoms with E-state index in [1.54, 1.807) is 0 Å². The molecule has 0 amide bonds. The number of rotatable bonds is 3. The third-order valence-electron chi connectivity index (χ3n) is 3.16. The van der Waals surface area contributed by atoms with E-state index in [1.165, 1.54) is 11.1 Å². The summed E-state index contributed by atoms with van der Waals surface area (Å²) in [6.07, 6.45) is 1.06. The first-order valence-corrected chi connectivity index (χ1v) is 6.48. The van der Waals surface area contributed by atoms with Crippen molar-refractivity contribution in [1.29, 1.82) is 0 Å². The summed E-state index contributed by atoms with van der Waals surface area (Å²) in [6.45, 7) is 11.0. The fourth-order valence-electron chi connectivity index (χ4n) is 1.68. The van der Waals surface area contributed by atoms with Gasteiger partial charge < -0.3 is 0 Å². The van der Waals surface area contributed by atoms with Crippen molar-refractivity contribution in [1.82, 2.24) is 0 Å². The van der Waals surface area contributed by atoms with Gasteiger partial charge in [-0.05, 0) is 35.8 Å². The van der Waals surface area contributed by atoms with E-state index in [-0.39, 0.29) is 10.8 Å². The summed E-state index contributed by atoms with van der Waals surface area (Å²) in [7, 11) is 0. The topological polar surface area (TPSA) is 0 Å². The quantitative estimate of drug-likeness (QED) is 0.665. The van der Waals surface area contributed by atoms with E-state index >= 15 is 0 Å². The average molecular weight is 239 g/mol. The van der Waals surface area contributed by atoms with Crippen molar-refractivity contribution < 1.29 is 0 Å². The second kappa shape index (κ2) is 5.23. The van der Waals surface area contributed by atoms with Gasteiger partial charge in [-0.2, -0.15) is 0 Å². The molecule has 0 nitrogen and oxygen atoms in total. The molecule has 1 rings (SSSR count). The van der Waals surface area contributed by atoms with Crippen molar-refractivity contribution in [3.05, 3.63) is 35.4 Å². The van der Waals surface area contributed by atoms with Crippen LogP contribution in [0.15, 0.2) is 24.3 Å². The van der Waals surface area contributed by atoms with E-state index in [1.807, 2.05) is 0 Å². The van der Waals surface area contributed by atoms with Gasteiger partial charge in [0.25, 0.3) is 0 Å². The molecule has 0 aliphatic rings. The lowest BCUT2D eigenvalue weighted by atomic mass is 9.86. The normalized spacial score (nSPS) is 15.9. The fraction of sp³-hybridized carbons (Fsp3) is 0.600. The zero-order valence-electron chi connectivity index (χ0n) is 11.0. The summed E-state index contributed by atoms with van der Waals surface area (Å²) < 4.78 is 0. The molecule has 0 N–H and O–H groups in total. The molecule has 90 valence electrons. The number of alkyl halides is 1. The summed E-state index contributed by atoms with van der Waals surface area (Å²) in [5.74, 6) is 0.530. The average Bonchev–Trinajstić information content (AvgIpc) is 2.17. The van der Waals surface area contributed by atoms with Gasteiger partial charge in [-0.25, -0.2) is 0 Å². The largest absolute Gasteiger partial charge is 0.123 e. The highest BCUT2D eigenvalue weighted by Gasteiger charge is 2.14. The maximum atomic E-state index is 6.08. The van der Waals surface area contributed by atoms with E-state index < -0.39 is 0 Å². The Morgan fingerprint density at radius 3 is 1.94 bits per heavy atom. The smallest absolute Gasteiger partial charge is 0.0336 e. The van der Waals surface area contributed by atoms with E-state index in [2.05, 4.69) is 58.9 Å². The number of benzene rings is 1. The number of hydrogen-bond acceptors (Lipinski definition) is 0. The van der Waals surface area contributed by atoms with E-state index in [4.69, 9.17) is 11.6 Å². The molecule has 0 saturated carbocycles. The Morgan fingerprint density at radius 2 is 1.56 bits per heavy atom. The molecule has 1 heteroatoms. The van der Waals surface area contributed by atoms with Crippen LogP contribution in [0.4, 0.5) is 0 Å². The van der Waals surface area contributed by atoms with Crippen LogP contribution in [-0.2, 0) is 11.8 Å². The van der Waals surface area contributed by atoms with Gasteiger partial charge in [0.1, 0.15) is 0 Å². The van der Waals surface area contributed by atoms with Crippen LogP contribution in [0.3, 0.4) is 0 Å². The predicted octanol–water partition coefficient (Wildman–Crippen LogP) is 4.79. The molecule has 1 aromatic carbocycles. The minimum Gasteiger partial charge on any atom is -0.123 e. The van der Waals surface area contributed by atoms with Gasteiger partial charge in [0, 0.05) is 5.38 Å². The molecule has 0 fully saturated rings. The maximum Gasteiger partial charge on any atom is 0.0336 e. The van der Waals surface area contributed by atoms with Crippen LogP contribution in [0.25, 0.3) is 0 Å². The first-order valence-electron chi connectivity index (χ1n) is 6.04. The molecular weight excluding hydrogens is 216 g/mol. The van der Waals surface area contributed by atoms with Gasteiger partial charge in [0.15, 0.2) is 0 Å². The summed E-state index contributed by atoms with van der Waals surface area (Å²) in [4.78, 5) is 0. The summed E-state index contributed by atoms with van der Waals surface area (Å²) >= 11 is 6.08. The van der Waals surface area contributed by atoms with Crippen molar-refractivity contribution >= 4 is 11.6 Å². The van der Waals surface area contributed by atoms with Crippen LogP contribution < -0.4 is 0 Å². The van der Waals surface area contributed by atoms with Crippen LogP contribution >= 0.6 is 11.6 Å². The van der Waals surface area contributed by atoms with Crippen molar-refractivity contribution in [2.75, 3.05) is 0 Å². The Morgan fingerprint density at radius 1 is 1.06 bits per heavy atom. The lowest BCUT2D eigenvalue weighted by Gasteiger charge is -2.20. The van der Waals surface area contributed by atoms with Crippen molar-refractivity contribution in [3.63, 3.8) is 0 Å². The highest BCUT2D eigenvalue weighted by Crippen LogP contribution is 2.23. The molecule has 0 saturated heterocycles. The standard InChI is InChI=1S/C15H23Cl/c1-11(12(2)16)10-13-6-8-14(9-7-13)15(3,4)5/h6-9,11-12H,10H2,1-5H3. The lowest BCUT2D eigenvalue weighted by molar-refractivity contribution is 0.565. The SMILES string of the molecule is CC(Cl)C(C)Cc1ccc(C(C)(C)C)cc1. The van der Waals surface area contributed by atoms with Gasteiger partial charge in [-0.15, -0.1) is 11.6 Å². The second-order valence-corrected chi connectivity index (χ2v) is 6.49. The molecule has 2 unspecified atom stereocenters. The summed E-state index contributed by atoms with van der Waals surface area (Å²) in [6, 6.07) is 8.94. The first-order chi connectivity index (χ1) is 7.30. The maximum absolute atomic E-state index is 6.08. The monoisotopic (exact) mass is 238 g/mol. The molecule has 0 bridgehead atoms. The van der Waals surface area contributed by atoms with Crippen LogP contribution in [0, 0.1) is 5.92 Å². The highest BCUT2D eigenvalue weighted by atomic mass is 35.5. The third-order valence-corrected chi connectivity index (χ3v) is 3.59. The summed E-state index contributed by atoms with van der Waals surface area (Å²) in [5.41, 5.74) is 3.01. The van der Waals surface area contributed by atoms with Crippen LogP contribution in [-0.4, -0.2) is 5.38 Å². The molecule has 0 radical (unpaired) electrons. The molecule has 0 heterocycles. The minimum atomic E-state index is 0.238. The van der Waals surface area contributed by atoms with E-state index in [0.717, 1.165) is 6.42 Å². The fourth-order valence-corrected chi connectivity index (χ4v) is 1.76. The van der Waals surface area contributed by atoms with Crippen LogP contribution in [0.2, 0.25) is 0 Å². The minimum absolute atomic E-state index is 0.238. The Bertz CT molecular complexity index is 316. The van der Waals surface area contributed by atoms with E-state index in [0.29, 0.717) is 5.92 Å². The lowest BCUT2D eigenvalue weighted by Crippen LogP contribution is -2.12. The van der Waals surface area contributed by atoms with Crippen molar-refractivity contribution in [2.45, 2.75) is 51.8 Å². The molecule has 2 atom stereocenters.